The number of hydrogen-bond donors (Lipinski definition) is 0. The number of ether oxygens (including phenoxy) is 1. The van der Waals surface area contributed by atoms with E-state index in [0.29, 0.717) is 11.6 Å². The van der Waals surface area contributed by atoms with Crippen molar-refractivity contribution in [3.8, 4) is 0 Å². The molecule has 0 aliphatic heterocycles. The van der Waals surface area contributed by atoms with Crippen molar-refractivity contribution >= 4 is 11.6 Å². The first-order valence-electron chi connectivity index (χ1n) is 5.79. The lowest BCUT2D eigenvalue weighted by atomic mass is 10.1. The van der Waals surface area contributed by atoms with Gasteiger partial charge >= 0.3 is 6.18 Å². The van der Waals surface area contributed by atoms with E-state index in [0.717, 1.165) is 0 Å². The van der Waals surface area contributed by atoms with Crippen molar-refractivity contribution in [2.24, 2.45) is 0 Å². The lowest BCUT2D eigenvalue weighted by molar-refractivity contribution is -0.173. The van der Waals surface area contributed by atoms with E-state index in [1.54, 1.807) is 0 Å². The number of nitrogens with zero attached hydrogens (tertiary/aromatic N) is 3. The molecule has 0 saturated carbocycles. The van der Waals surface area contributed by atoms with Crippen LogP contribution in [-0.2, 0) is 22.6 Å². The van der Waals surface area contributed by atoms with Gasteiger partial charge in [-0.25, -0.2) is 0 Å². The Morgan fingerprint density at radius 1 is 1.16 bits per heavy atom. The molecule has 4 nitrogen and oxygen atoms in total. The van der Waals surface area contributed by atoms with Gasteiger partial charge in [-0.2, -0.15) is 13.2 Å². The summed E-state index contributed by atoms with van der Waals surface area (Å²) in [6.07, 6.45) is -4.05. The van der Waals surface area contributed by atoms with Gasteiger partial charge in [-0.3, -0.25) is 0 Å². The Hall–Kier alpha value is -0.820. The van der Waals surface area contributed by atoms with Crippen LogP contribution in [0.4, 0.5) is 13.2 Å². The monoisotopic (exact) mass is 299 g/mol. The largest absolute Gasteiger partial charge is 0.411 e. The van der Waals surface area contributed by atoms with E-state index in [-0.39, 0.29) is 24.4 Å². The second kappa shape index (κ2) is 6.09. The molecule has 0 bridgehead atoms. The zero-order valence-electron chi connectivity index (χ0n) is 11.1. The molecule has 1 aromatic rings. The minimum atomic E-state index is -4.31. The molecule has 1 rings (SSSR count). The van der Waals surface area contributed by atoms with E-state index < -0.39 is 12.8 Å². The van der Waals surface area contributed by atoms with Crippen molar-refractivity contribution in [2.75, 3.05) is 13.2 Å². The number of aromatic nitrogens is 3. The predicted octanol–water partition coefficient (Wildman–Crippen LogP) is 2.89. The minimum Gasteiger partial charge on any atom is -0.372 e. The fourth-order valence-corrected chi connectivity index (χ4v) is 1.90. The quantitative estimate of drug-likeness (QED) is 0.620. The molecule has 1 heterocycles. The first-order valence-corrected chi connectivity index (χ1v) is 6.32. The maximum atomic E-state index is 11.9. The molecule has 0 N–H and O–H groups in total. The predicted molar refractivity (Wildman–Crippen MR) is 65.2 cm³/mol. The Morgan fingerprint density at radius 2 is 1.74 bits per heavy atom. The van der Waals surface area contributed by atoms with Gasteiger partial charge in [-0.05, 0) is 20.8 Å². The van der Waals surface area contributed by atoms with Gasteiger partial charge in [0.25, 0.3) is 0 Å². The lowest BCUT2D eigenvalue weighted by Gasteiger charge is -2.24. The highest BCUT2D eigenvalue weighted by Crippen LogP contribution is 2.20. The fourth-order valence-electron chi connectivity index (χ4n) is 1.73. The summed E-state index contributed by atoms with van der Waals surface area (Å²) in [5.41, 5.74) is -0.285. The summed E-state index contributed by atoms with van der Waals surface area (Å²) in [5, 5.41) is 7.89. The normalized spacial score (nSPS) is 13.0. The molecule has 0 aliphatic rings. The lowest BCUT2D eigenvalue weighted by Crippen LogP contribution is -2.27. The van der Waals surface area contributed by atoms with Crippen LogP contribution in [0.3, 0.4) is 0 Å². The molecule has 0 aromatic carbocycles. The van der Waals surface area contributed by atoms with E-state index in [1.165, 1.54) is 0 Å². The topological polar surface area (TPSA) is 39.9 Å². The maximum Gasteiger partial charge on any atom is 0.411 e. The third-order valence-electron chi connectivity index (χ3n) is 2.32. The number of rotatable bonds is 5. The minimum absolute atomic E-state index is 0.0595. The summed E-state index contributed by atoms with van der Waals surface area (Å²) < 4.78 is 42.2. The molecule has 8 heteroatoms. The van der Waals surface area contributed by atoms with Crippen LogP contribution in [0.15, 0.2) is 0 Å². The average molecular weight is 300 g/mol. The Morgan fingerprint density at radius 3 is 2.21 bits per heavy atom. The average Bonchev–Trinajstić information content (AvgIpc) is 2.65. The van der Waals surface area contributed by atoms with Crippen LogP contribution in [0.2, 0.25) is 0 Å². The molecule has 0 radical (unpaired) electrons. The first kappa shape index (κ1) is 16.2. The van der Waals surface area contributed by atoms with Gasteiger partial charge in [0.2, 0.25) is 0 Å². The molecule has 19 heavy (non-hydrogen) atoms. The summed E-state index contributed by atoms with van der Waals surface area (Å²) in [4.78, 5) is 0. The Bertz CT molecular complexity index is 412. The van der Waals surface area contributed by atoms with Gasteiger partial charge in [-0.15, -0.1) is 21.8 Å². The van der Waals surface area contributed by atoms with Gasteiger partial charge in [0.05, 0.1) is 12.5 Å². The van der Waals surface area contributed by atoms with Crippen LogP contribution >= 0.6 is 11.6 Å². The van der Waals surface area contributed by atoms with Crippen LogP contribution < -0.4 is 0 Å². The van der Waals surface area contributed by atoms with Crippen molar-refractivity contribution < 1.29 is 17.9 Å². The fraction of sp³-hybridized carbons (Fsp3) is 0.818. The maximum absolute atomic E-state index is 11.9. The summed E-state index contributed by atoms with van der Waals surface area (Å²) >= 11 is 5.77. The zero-order valence-corrected chi connectivity index (χ0v) is 11.8. The molecule has 1 aromatic heterocycles. The molecular formula is C11H17ClF3N3O. The molecule has 0 fully saturated rings. The van der Waals surface area contributed by atoms with Gasteiger partial charge < -0.3 is 9.30 Å². The van der Waals surface area contributed by atoms with Crippen molar-refractivity contribution in [1.29, 1.82) is 0 Å². The standard InChI is InChI=1S/C11H17ClF3N3O/c1-10(2,3)18-8(16-17-9(18)6-12)4-5-19-7-11(13,14)15/h4-7H2,1-3H3. The molecule has 0 unspecified atom stereocenters. The van der Waals surface area contributed by atoms with Gasteiger partial charge in [0.15, 0.2) is 0 Å². The molecule has 0 aliphatic carbocycles. The second-order valence-corrected chi connectivity index (χ2v) is 5.36. The molecule has 0 spiro atoms. The van der Waals surface area contributed by atoms with E-state index in [9.17, 15) is 13.2 Å². The molecule has 0 saturated heterocycles. The third-order valence-corrected chi connectivity index (χ3v) is 2.56. The van der Waals surface area contributed by atoms with Crippen molar-refractivity contribution in [2.45, 2.75) is 44.8 Å². The number of alkyl halides is 4. The van der Waals surface area contributed by atoms with Crippen molar-refractivity contribution in [3.05, 3.63) is 11.6 Å². The van der Waals surface area contributed by atoms with Crippen LogP contribution in [0.5, 0.6) is 0 Å². The van der Waals surface area contributed by atoms with Gasteiger partial charge in [0, 0.05) is 12.0 Å². The van der Waals surface area contributed by atoms with Gasteiger partial charge in [0.1, 0.15) is 18.3 Å². The molecule has 0 atom stereocenters. The first-order chi connectivity index (χ1) is 8.65. The summed E-state index contributed by atoms with van der Waals surface area (Å²) in [7, 11) is 0. The Balaban J connectivity index is 2.67. The Kier molecular flexibility index (Phi) is 5.20. The molecule has 0 amide bonds. The second-order valence-electron chi connectivity index (χ2n) is 5.09. The SMILES string of the molecule is CC(C)(C)n1c(CCl)nnc1CCOCC(F)(F)F. The highest BCUT2D eigenvalue weighted by atomic mass is 35.5. The number of halogens is 4. The highest BCUT2D eigenvalue weighted by molar-refractivity contribution is 6.16. The summed E-state index contributed by atoms with van der Waals surface area (Å²) in [5.74, 6) is 1.37. The van der Waals surface area contributed by atoms with E-state index >= 15 is 0 Å². The van der Waals surface area contributed by atoms with E-state index in [4.69, 9.17) is 11.6 Å². The third kappa shape index (κ3) is 4.99. The molecule has 110 valence electrons. The smallest absolute Gasteiger partial charge is 0.372 e. The summed E-state index contributed by atoms with van der Waals surface area (Å²) in [6, 6.07) is 0. The van der Waals surface area contributed by atoms with E-state index in [1.807, 2.05) is 25.3 Å². The molecular weight excluding hydrogens is 283 g/mol. The van der Waals surface area contributed by atoms with Gasteiger partial charge in [-0.1, -0.05) is 0 Å². The van der Waals surface area contributed by atoms with Crippen molar-refractivity contribution in [1.82, 2.24) is 14.8 Å². The number of hydrogen-bond acceptors (Lipinski definition) is 3. The highest BCUT2D eigenvalue weighted by Gasteiger charge is 2.27. The van der Waals surface area contributed by atoms with Crippen LogP contribution in [0.1, 0.15) is 32.4 Å². The Labute approximate surface area is 114 Å². The summed E-state index contributed by atoms with van der Waals surface area (Å²) in [6.45, 7) is 4.54. The van der Waals surface area contributed by atoms with Crippen molar-refractivity contribution in [3.63, 3.8) is 0 Å². The zero-order chi connectivity index (χ0) is 14.7. The van der Waals surface area contributed by atoms with E-state index in [2.05, 4.69) is 14.9 Å². The van der Waals surface area contributed by atoms with Crippen LogP contribution in [0, 0.1) is 0 Å². The van der Waals surface area contributed by atoms with Crippen LogP contribution in [0.25, 0.3) is 0 Å². The van der Waals surface area contributed by atoms with Crippen LogP contribution in [-0.4, -0.2) is 34.2 Å².